The number of hydrogen-bond donors (Lipinski definition) is 0. The molecule has 0 aromatic heterocycles. The first-order valence-electron chi connectivity index (χ1n) is 9.57. The Morgan fingerprint density at radius 3 is 1.96 bits per heavy atom. The lowest BCUT2D eigenvalue weighted by Crippen LogP contribution is -2.29. The second-order valence-electron chi connectivity index (χ2n) is 5.97. The molecule has 0 amide bonds. The fourth-order valence-electron chi connectivity index (χ4n) is 2.39. The Morgan fingerprint density at radius 2 is 1.42 bits per heavy atom. The molecule has 0 spiro atoms. The minimum atomic E-state index is -1.11. The van der Waals surface area contributed by atoms with Crippen LogP contribution in [0.1, 0.15) is 78.1 Å². The molecule has 0 aliphatic rings. The summed E-state index contributed by atoms with van der Waals surface area (Å²) >= 11 is 0. The van der Waals surface area contributed by atoms with E-state index >= 15 is 0 Å². The maximum atomic E-state index is 11.6. The van der Waals surface area contributed by atoms with E-state index in [0.717, 1.165) is 12.8 Å². The number of unbranched alkanes of at least 4 members (excludes halogenated alkanes) is 9. The Morgan fingerprint density at radius 1 is 0.833 bits per heavy atom. The highest BCUT2D eigenvalue weighted by atomic mass is 16.6. The number of ether oxygens (including phenoxy) is 3. The van der Waals surface area contributed by atoms with Crippen LogP contribution >= 0.6 is 0 Å². The smallest absolute Gasteiger partial charge is 0.342 e. The lowest BCUT2D eigenvalue weighted by atomic mass is 10.1. The molecule has 0 radical (unpaired) electrons. The first-order chi connectivity index (χ1) is 11.8. The summed E-state index contributed by atoms with van der Waals surface area (Å²) in [4.78, 5) is 22.5. The van der Waals surface area contributed by atoms with E-state index in [1.54, 1.807) is 0 Å². The van der Waals surface area contributed by atoms with Gasteiger partial charge in [-0.05, 0) is 13.3 Å². The van der Waals surface area contributed by atoms with Gasteiger partial charge in [-0.1, -0.05) is 64.7 Å². The molecule has 24 heavy (non-hydrogen) atoms. The summed E-state index contributed by atoms with van der Waals surface area (Å²) in [5.41, 5.74) is 0. The Bertz CT molecular complexity index is 293. The molecule has 0 heterocycles. The monoisotopic (exact) mass is 344 g/mol. The van der Waals surface area contributed by atoms with Crippen molar-refractivity contribution in [3.8, 4) is 0 Å². The Labute approximate surface area is 147 Å². The third-order valence-corrected chi connectivity index (χ3v) is 3.83. The first kappa shape index (κ1) is 23.1. The molecular formula is C19H36O5. The van der Waals surface area contributed by atoms with Gasteiger partial charge in [-0.2, -0.15) is 0 Å². The molecule has 0 aromatic carbocycles. The van der Waals surface area contributed by atoms with E-state index in [1.165, 1.54) is 51.4 Å². The predicted molar refractivity (Wildman–Crippen MR) is 95.1 cm³/mol. The van der Waals surface area contributed by atoms with Crippen LogP contribution in [0.25, 0.3) is 0 Å². The van der Waals surface area contributed by atoms with Crippen molar-refractivity contribution in [1.29, 1.82) is 0 Å². The molecule has 0 rings (SSSR count). The van der Waals surface area contributed by atoms with E-state index in [-0.39, 0.29) is 6.61 Å². The van der Waals surface area contributed by atoms with Crippen molar-refractivity contribution in [2.45, 2.75) is 84.2 Å². The molecule has 1 atom stereocenters. The van der Waals surface area contributed by atoms with Gasteiger partial charge in [0, 0.05) is 13.2 Å². The van der Waals surface area contributed by atoms with Crippen LogP contribution in [0.4, 0.5) is 0 Å². The van der Waals surface area contributed by atoms with Gasteiger partial charge in [-0.3, -0.25) is 4.79 Å². The van der Waals surface area contributed by atoms with Gasteiger partial charge < -0.3 is 14.2 Å². The maximum absolute atomic E-state index is 11.6. The number of esters is 1. The van der Waals surface area contributed by atoms with Gasteiger partial charge in [0.2, 0.25) is 6.10 Å². The minimum absolute atomic E-state index is 0.151. The second-order valence-corrected chi connectivity index (χ2v) is 5.97. The molecule has 0 aromatic rings. The Hall–Kier alpha value is -0.940. The third kappa shape index (κ3) is 14.6. The summed E-state index contributed by atoms with van der Waals surface area (Å²) in [7, 11) is 0. The molecule has 0 saturated carbocycles. The van der Waals surface area contributed by atoms with Crippen molar-refractivity contribution < 1.29 is 23.8 Å². The Balaban J connectivity index is 3.46. The lowest BCUT2D eigenvalue weighted by molar-refractivity contribution is -0.159. The van der Waals surface area contributed by atoms with E-state index in [1.807, 2.05) is 6.92 Å². The zero-order valence-electron chi connectivity index (χ0n) is 15.6. The second kappa shape index (κ2) is 18.4. The largest absolute Gasteiger partial charge is 0.461 e. The summed E-state index contributed by atoms with van der Waals surface area (Å²) in [6.45, 7) is 5.58. The molecule has 0 aliphatic heterocycles. The van der Waals surface area contributed by atoms with Crippen LogP contribution in [0.2, 0.25) is 0 Å². The van der Waals surface area contributed by atoms with E-state index in [9.17, 15) is 9.59 Å². The van der Waals surface area contributed by atoms with Crippen molar-refractivity contribution in [2.75, 3.05) is 26.4 Å². The molecule has 0 N–H and O–H groups in total. The fourth-order valence-corrected chi connectivity index (χ4v) is 2.39. The number of rotatable bonds is 18. The number of carbonyl (C=O) groups is 2. The standard InChI is InChI=1S/C19H36O5/c1-3-5-6-7-8-9-10-11-12-13-14-23-18(17-20)19(21)24-16-15-22-4-2/h17-18H,3-16H2,1-2H3. The maximum Gasteiger partial charge on any atom is 0.342 e. The normalized spacial score (nSPS) is 12.1. The highest BCUT2D eigenvalue weighted by Gasteiger charge is 2.19. The van der Waals surface area contributed by atoms with Gasteiger partial charge in [-0.25, -0.2) is 4.79 Å². The van der Waals surface area contributed by atoms with Gasteiger partial charge in [0.05, 0.1) is 6.61 Å². The number of hydrogen-bond acceptors (Lipinski definition) is 5. The van der Waals surface area contributed by atoms with Gasteiger partial charge in [0.1, 0.15) is 6.61 Å². The molecule has 0 fully saturated rings. The molecule has 0 saturated heterocycles. The molecule has 1 unspecified atom stereocenters. The molecule has 0 aliphatic carbocycles. The SMILES string of the molecule is CCCCCCCCCCCCOC(C=O)C(=O)OCCOCC. The van der Waals surface area contributed by atoms with E-state index in [0.29, 0.717) is 26.1 Å². The van der Waals surface area contributed by atoms with Crippen molar-refractivity contribution in [3.05, 3.63) is 0 Å². The minimum Gasteiger partial charge on any atom is -0.461 e. The van der Waals surface area contributed by atoms with E-state index in [2.05, 4.69) is 6.92 Å². The zero-order chi connectivity index (χ0) is 17.9. The summed E-state index contributed by atoms with van der Waals surface area (Å²) in [5, 5.41) is 0. The van der Waals surface area contributed by atoms with Crippen molar-refractivity contribution in [1.82, 2.24) is 0 Å². The molecule has 5 nitrogen and oxygen atoms in total. The van der Waals surface area contributed by atoms with Crippen LogP contribution in [-0.2, 0) is 23.8 Å². The zero-order valence-corrected chi connectivity index (χ0v) is 15.6. The number of carbonyl (C=O) groups excluding carboxylic acids is 2. The summed E-state index contributed by atoms with van der Waals surface area (Å²) in [6.07, 6.45) is 11.7. The topological polar surface area (TPSA) is 61.8 Å². The van der Waals surface area contributed by atoms with Gasteiger partial charge in [-0.15, -0.1) is 0 Å². The Kier molecular flexibility index (Phi) is 17.7. The van der Waals surface area contributed by atoms with Crippen molar-refractivity contribution >= 4 is 12.3 Å². The molecule has 0 bridgehead atoms. The molecule has 142 valence electrons. The lowest BCUT2D eigenvalue weighted by Gasteiger charge is -2.11. The summed E-state index contributed by atoms with van der Waals surface area (Å²) in [5.74, 6) is -0.628. The van der Waals surface area contributed by atoms with E-state index in [4.69, 9.17) is 14.2 Å². The average molecular weight is 344 g/mol. The third-order valence-electron chi connectivity index (χ3n) is 3.83. The predicted octanol–water partition coefficient (Wildman–Crippen LogP) is 4.07. The van der Waals surface area contributed by atoms with Gasteiger partial charge in [0.25, 0.3) is 0 Å². The van der Waals surface area contributed by atoms with E-state index < -0.39 is 12.1 Å². The first-order valence-corrected chi connectivity index (χ1v) is 9.57. The van der Waals surface area contributed by atoms with Crippen LogP contribution in [-0.4, -0.2) is 44.8 Å². The van der Waals surface area contributed by atoms with Gasteiger partial charge >= 0.3 is 5.97 Å². The summed E-state index contributed by atoms with van der Waals surface area (Å²) < 4.78 is 15.3. The number of aldehydes is 1. The fraction of sp³-hybridized carbons (Fsp3) is 0.895. The average Bonchev–Trinajstić information content (AvgIpc) is 2.59. The van der Waals surface area contributed by atoms with Gasteiger partial charge in [0.15, 0.2) is 6.29 Å². The van der Waals surface area contributed by atoms with Crippen molar-refractivity contribution in [3.63, 3.8) is 0 Å². The molecule has 5 heteroatoms. The quantitative estimate of drug-likeness (QED) is 0.162. The van der Waals surface area contributed by atoms with Crippen LogP contribution in [0.15, 0.2) is 0 Å². The van der Waals surface area contributed by atoms with Crippen molar-refractivity contribution in [2.24, 2.45) is 0 Å². The van der Waals surface area contributed by atoms with Crippen LogP contribution in [0.3, 0.4) is 0 Å². The van der Waals surface area contributed by atoms with Crippen LogP contribution in [0.5, 0.6) is 0 Å². The highest BCUT2D eigenvalue weighted by molar-refractivity contribution is 5.90. The molecular weight excluding hydrogens is 308 g/mol. The highest BCUT2D eigenvalue weighted by Crippen LogP contribution is 2.10. The van der Waals surface area contributed by atoms with Crippen LogP contribution < -0.4 is 0 Å². The summed E-state index contributed by atoms with van der Waals surface area (Å²) in [6, 6.07) is 0. The van der Waals surface area contributed by atoms with Crippen LogP contribution in [0, 0.1) is 0 Å².